The summed E-state index contributed by atoms with van der Waals surface area (Å²) in [4.78, 5) is 12.2. The van der Waals surface area contributed by atoms with Gasteiger partial charge in [-0.25, -0.2) is 0 Å². The molecule has 0 unspecified atom stereocenters. The van der Waals surface area contributed by atoms with E-state index < -0.39 is 0 Å². The monoisotopic (exact) mass is 270 g/mol. The third kappa shape index (κ3) is 2.40. The van der Waals surface area contributed by atoms with Crippen LogP contribution >= 0.6 is 11.6 Å². The van der Waals surface area contributed by atoms with Gasteiger partial charge < -0.3 is 4.42 Å². The van der Waals surface area contributed by atoms with Gasteiger partial charge in [-0.05, 0) is 17.7 Å². The summed E-state index contributed by atoms with van der Waals surface area (Å²) >= 11 is 6.03. The highest BCUT2D eigenvalue weighted by Gasteiger charge is 2.14. The summed E-state index contributed by atoms with van der Waals surface area (Å²) in [5.41, 5.74) is 1.54. The molecule has 0 atom stereocenters. The van der Waals surface area contributed by atoms with Crippen LogP contribution in [0.25, 0.3) is 11.0 Å². The van der Waals surface area contributed by atoms with Gasteiger partial charge in [-0.2, -0.15) is 0 Å². The average Bonchev–Trinajstić information content (AvgIpc) is 2.85. The topological polar surface area (TPSA) is 30.2 Å². The molecule has 0 spiro atoms. The van der Waals surface area contributed by atoms with Gasteiger partial charge in [0.05, 0.1) is 5.02 Å². The van der Waals surface area contributed by atoms with Crippen molar-refractivity contribution in [2.24, 2.45) is 0 Å². The Morgan fingerprint density at radius 1 is 1.05 bits per heavy atom. The van der Waals surface area contributed by atoms with Crippen molar-refractivity contribution in [2.75, 3.05) is 0 Å². The van der Waals surface area contributed by atoms with E-state index in [1.54, 1.807) is 12.1 Å². The van der Waals surface area contributed by atoms with Crippen molar-refractivity contribution in [2.45, 2.75) is 6.42 Å². The third-order valence-electron chi connectivity index (χ3n) is 2.98. The fourth-order valence-electron chi connectivity index (χ4n) is 2.03. The van der Waals surface area contributed by atoms with Gasteiger partial charge in [-0.3, -0.25) is 4.79 Å². The van der Waals surface area contributed by atoms with Gasteiger partial charge in [0.2, 0.25) is 5.78 Å². The second-order valence-corrected chi connectivity index (χ2v) is 4.76. The van der Waals surface area contributed by atoms with Gasteiger partial charge in [0.25, 0.3) is 0 Å². The summed E-state index contributed by atoms with van der Waals surface area (Å²) in [7, 11) is 0. The van der Waals surface area contributed by atoms with E-state index in [2.05, 4.69) is 0 Å². The quantitative estimate of drug-likeness (QED) is 0.656. The number of benzene rings is 2. The zero-order valence-corrected chi connectivity index (χ0v) is 10.9. The summed E-state index contributed by atoms with van der Waals surface area (Å²) in [6.07, 6.45) is 0.332. The molecule has 0 saturated carbocycles. The lowest BCUT2D eigenvalue weighted by Crippen LogP contribution is -2.01. The zero-order valence-electron chi connectivity index (χ0n) is 10.1. The predicted molar refractivity (Wildman–Crippen MR) is 75.7 cm³/mol. The maximum atomic E-state index is 12.2. The van der Waals surface area contributed by atoms with Gasteiger partial charge in [0, 0.05) is 11.8 Å². The fraction of sp³-hybridized carbons (Fsp3) is 0.0625. The number of hydrogen-bond acceptors (Lipinski definition) is 2. The summed E-state index contributed by atoms with van der Waals surface area (Å²) in [5.74, 6) is 0.311. The van der Waals surface area contributed by atoms with Crippen LogP contribution in [0, 0.1) is 0 Å². The highest BCUT2D eigenvalue weighted by Crippen LogP contribution is 2.27. The van der Waals surface area contributed by atoms with E-state index in [-0.39, 0.29) is 5.78 Å². The molecule has 3 aromatic rings. The van der Waals surface area contributed by atoms with Crippen LogP contribution in [0.15, 0.2) is 59.0 Å². The first-order valence-corrected chi connectivity index (χ1v) is 6.37. The summed E-state index contributed by atoms with van der Waals surface area (Å²) in [5, 5.41) is 1.38. The largest absolute Gasteiger partial charge is 0.451 e. The molecule has 0 fully saturated rings. The van der Waals surface area contributed by atoms with Crippen molar-refractivity contribution in [3.05, 3.63) is 70.9 Å². The molecule has 0 aliphatic carbocycles. The molecule has 1 aromatic heterocycles. The molecule has 2 nitrogen and oxygen atoms in total. The average molecular weight is 271 g/mol. The summed E-state index contributed by atoms with van der Waals surface area (Å²) in [6.45, 7) is 0. The molecule has 0 aliphatic rings. The van der Waals surface area contributed by atoms with E-state index in [4.69, 9.17) is 16.0 Å². The number of Topliss-reactive ketones (excluding diaryl/α,β-unsaturated/α-hetero) is 1. The van der Waals surface area contributed by atoms with Crippen LogP contribution in [0.3, 0.4) is 0 Å². The van der Waals surface area contributed by atoms with Crippen molar-refractivity contribution in [1.29, 1.82) is 0 Å². The molecule has 1 heterocycles. The Bertz CT molecular complexity index is 729. The number of halogens is 1. The Hall–Kier alpha value is -2.06. The molecule has 2 aromatic carbocycles. The van der Waals surface area contributed by atoms with Crippen LogP contribution in [0.1, 0.15) is 16.1 Å². The highest BCUT2D eigenvalue weighted by atomic mass is 35.5. The van der Waals surface area contributed by atoms with Crippen LogP contribution in [-0.4, -0.2) is 5.78 Å². The minimum Gasteiger partial charge on any atom is -0.451 e. The number of para-hydroxylation sites is 1. The smallest absolute Gasteiger partial charge is 0.202 e. The van der Waals surface area contributed by atoms with Crippen molar-refractivity contribution < 1.29 is 9.21 Å². The molecule has 0 N–H and O–H groups in total. The number of hydrogen-bond donors (Lipinski definition) is 0. The Morgan fingerprint density at radius 2 is 1.84 bits per heavy atom. The van der Waals surface area contributed by atoms with Crippen molar-refractivity contribution in [3.63, 3.8) is 0 Å². The summed E-state index contributed by atoms with van der Waals surface area (Å²) < 4.78 is 5.55. The van der Waals surface area contributed by atoms with Crippen LogP contribution < -0.4 is 0 Å². The molecular formula is C16H11ClO2. The lowest BCUT2D eigenvalue weighted by molar-refractivity contribution is 0.0968. The van der Waals surface area contributed by atoms with E-state index in [1.807, 2.05) is 42.5 Å². The van der Waals surface area contributed by atoms with E-state index in [0.717, 1.165) is 10.9 Å². The lowest BCUT2D eigenvalue weighted by atomic mass is 10.1. The Morgan fingerprint density at radius 3 is 2.58 bits per heavy atom. The minimum atomic E-state index is -0.0431. The Balaban J connectivity index is 1.92. The van der Waals surface area contributed by atoms with Crippen LogP contribution in [0.5, 0.6) is 0 Å². The van der Waals surface area contributed by atoms with E-state index in [1.165, 1.54) is 0 Å². The van der Waals surface area contributed by atoms with Gasteiger partial charge in [0.1, 0.15) is 0 Å². The second-order valence-electron chi connectivity index (χ2n) is 4.35. The Labute approximate surface area is 115 Å². The van der Waals surface area contributed by atoms with Gasteiger partial charge >= 0.3 is 0 Å². The van der Waals surface area contributed by atoms with Crippen LogP contribution in [-0.2, 0) is 6.42 Å². The number of furan rings is 1. The molecule has 3 heteroatoms. The molecule has 0 saturated heterocycles. The minimum absolute atomic E-state index is 0.0431. The SMILES string of the molecule is O=C(Cc1ccccc1)c1cc2cccc(Cl)c2o1. The van der Waals surface area contributed by atoms with E-state index in [9.17, 15) is 4.79 Å². The summed E-state index contributed by atoms with van der Waals surface area (Å²) in [6, 6.07) is 16.8. The van der Waals surface area contributed by atoms with Crippen molar-refractivity contribution in [1.82, 2.24) is 0 Å². The lowest BCUT2D eigenvalue weighted by Gasteiger charge is -1.97. The predicted octanol–water partition coefficient (Wildman–Crippen LogP) is 4.51. The maximum Gasteiger partial charge on any atom is 0.202 e. The normalized spacial score (nSPS) is 10.8. The van der Waals surface area contributed by atoms with E-state index in [0.29, 0.717) is 22.8 Å². The second kappa shape index (κ2) is 4.90. The van der Waals surface area contributed by atoms with Gasteiger partial charge in [-0.15, -0.1) is 0 Å². The van der Waals surface area contributed by atoms with Gasteiger partial charge in [0.15, 0.2) is 11.3 Å². The molecule has 0 radical (unpaired) electrons. The molecule has 94 valence electrons. The highest BCUT2D eigenvalue weighted by molar-refractivity contribution is 6.34. The standard InChI is InChI=1S/C16H11ClO2/c17-13-8-4-7-12-10-15(19-16(12)13)14(18)9-11-5-2-1-3-6-11/h1-8,10H,9H2. The molecule has 3 rings (SSSR count). The van der Waals surface area contributed by atoms with Crippen LogP contribution in [0.2, 0.25) is 5.02 Å². The molecule has 0 amide bonds. The van der Waals surface area contributed by atoms with Crippen LogP contribution in [0.4, 0.5) is 0 Å². The Kier molecular flexibility index (Phi) is 3.10. The zero-order chi connectivity index (χ0) is 13.2. The molecule has 0 bridgehead atoms. The van der Waals surface area contributed by atoms with Crippen molar-refractivity contribution >= 4 is 28.4 Å². The third-order valence-corrected chi connectivity index (χ3v) is 3.28. The number of carbonyl (C=O) groups excluding carboxylic acids is 1. The fourth-order valence-corrected chi connectivity index (χ4v) is 2.25. The maximum absolute atomic E-state index is 12.2. The molecule has 0 aliphatic heterocycles. The molecular weight excluding hydrogens is 260 g/mol. The number of fused-ring (bicyclic) bond motifs is 1. The first kappa shape index (κ1) is 12.0. The first-order valence-electron chi connectivity index (χ1n) is 5.99. The molecule has 19 heavy (non-hydrogen) atoms. The number of carbonyl (C=O) groups is 1. The number of ketones is 1. The van der Waals surface area contributed by atoms with Gasteiger partial charge in [-0.1, -0.05) is 54.1 Å². The van der Waals surface area contributed by atoms with E-state index >= 15 is 0 Å². The number of rotatable bonds is 3. The van der Waals surface area contributed by atoms with Crippen molar-refractivity contribution in [3.8, 4) is 0 Å². The first-order chi connectivity index (χ1) is 9.24.